The maximum Gasteiger partial charge on any atom is 0.0554 e. The summed E-state index contributed by atoms with van der Waals surface area (Å²) < 4.78 is 2.60. The summed E-state index contributed by atoms with van der Waals surface area (Å²) in [6.07, 6.45) is 0. The predicted octanol–water partition coefficient (Wildman–Crippen LogP) is 14.3. The molecule has 0 amide bonds. The molecular formula is C48H31NS. The van der Waals surface area contributed by atoms with Gasteiger partial charge in [0.15, 0.2) is 0 Å². The molecule has 0 aliphatic rings. The lowest BCUT2D eigenvalue weighted by molar-refractivity contribution is 1.30. The third kappa shape index (κ3) is 4.84. The third-order valence-corrected chi connectivity index (χ3v) is 11.1. The largest absolute Gasteiger partial charge is 0.310 e. The minimum absolute atomic E-state index is 1.12. The van der Waals surface area contributed by atoms with E-state index in [0.29, 0.717) is 0 Å². The number of hydrogen-bond acceptors (Lipinski definition) is 2. The minimum Gasteiger partial charge on any atom is -0.310 e. The summed E-state index contributed by atoms with van der Waals surface area (Å²) in [6.45, 7) is 0. The van der Waals surface area contributed by atoms with Crippen LogP contribution in [0.4, 0.5) is 17.1 Å². The molecule has 0 saturated heterocycles. The fourth-order valence-electron chi connectivity index (χ4n) is 7.56. The van der Waals surface area contributed by atoms with Crippen LogP contribution in [0.25, 0.3) is 74.7 Å². The van der Waals surface area contributed by atoms with E-state index in [1.807, 2.05) is 11.3 Å². The maximum absolute atomic E-state index is 2.43. The molecular weight excluding hydrogens is 623 g/mol. The molecule has 10 rings (SSSR count). The van der Waals surface area contributed by atoms with Gasteiger partial charge in [0, 0.05) is 31.5 Å². The Morgan fingerprint density at radius 1 is 0.320 bits per heavy atom. The molecule has 0 atom stereocenters. The lowest BCUT2D eigenvalue weighted by Gasteiger charge is -2.27. The molecule has 10 aromatic rings. The molecule has 234 valence electrons. The van der Waals surface area contributed by atoms with Crippen molar-refractivity contribution in [2.45, 2.75) is 0 Å². The van der Waals surface area contributed by atoms with Crippen LogP contribution < -0.4 is 4.90 Å². The van der Waals surface area contributed by atoms with Crippen LogP contribution in [0, 0.1) is 0 Å². The lowest BCUT2D eigenvalue weighted by Crippen LogP contribution is -2.10. The molecule has 1 nitrogen and oxygen atoms in total. The zero-order valence-corrected chi connectivity index (χ0v) is 28.1. The summed E-state index contributed by atoms with van der Waals surface area (Å²) >= 11 is 1.86. The van der Waals surface area contributed by atoms with E-state index >= 15 is 0 Å². The number of anilines is 3. The first-order chi connectivity index (χ1) is 24.8. The van der Waals surface area contributed by atoms with Crippen molar-refractivity contribution in [2.75, 3.05) is 4.90 Å². The molecule has 1 aromatic heterocycles. The van der Waals surface area contributed by atoms with Crippen molar-refractivity contribution in [2.24, 2.45) is 0 Å². The molecule has 0 aliphatic heterocycles. The van der Waals surface area contributed by atoms with Crippen LogP contribution in [0.5, 0.6) is 0 Å². The fraction of sp³-hybridized carbons (Fsp3) is 0. The number of fused-ring (bicyclic) bond motifs is 7. The molecule has 9 aromatic carbocycles. The van der Waals surface area contributed by atoms with Gasteiger partial charge in [0.05, 0.1) is 5.69 Å². The highest BCUT2D eigenvalue weighted by Crippen LogP contribution is 2.45. The summed E-state index contributed by atoms with van der Waals surface area (Å²) in [4.78, 5) is 2.43. The van der Waals surface area contributed by atoms with Crippen LogP contribution in [0.2, 0.25) is 0 Å². The second kappa shape index (κ2) is 11.7. The van der Waals surface area contributed by atoms with Crippen molar-refractivity contribution in [1.29, 1.82) is 0 Å². The van der Waals surface area contributed by atoms with Crippen LogP contribution in [0.1, 0.15) is 0 Å². The second-order valence-corrected chi connectivity index (χ2v) is 14.0. The van der Waals surface area contributed by atoms with Gasteiger partial charge < -0.3 is 4.90 Å². The average Bonchev–Trinajstić information content (AvgIpc) is 3.57. The van der Waals surface area contributed by atoms with Gasteiger partial charge in [0.2, 0.25) is 0 Å². The number of benzene rings is 9. The number of hydrogen-bond donors (Lipinski definition) is 0. The van der Waals surface area contributed by atoms with Gasteiger partial charge in [-0.25, -0.2) is 0 Å². The zero-order valence-electron chi connectivity index (χ0n) is 27.3. The first-order valence-electron chi connectivity index (χ1n) is 17.1. The van der Waals surface area contributed by atoms with Gasteiger partial charge >= 0.3 is 0 Å². The summed E-state index contributed by atoms with van der Waals surface area (Å²) in [6, 6.07) is 68.8. The Bertz CT molecular complexity index is 2880. The van der Waals surface area contributed by atoms with E-state index < -0.39 is 0 Å². The highest BCUT2D eigenvalue weighted by Gasteiger charge is 2.19. The van der Waals surface area contributed by atoms with E-state index in [9.17, 15) is 0 Å². The Morgan fingerprint density at radius 3 is 1.82 bits per heavy atom. The molecule has 0 fully saturated rings. The quantitative estimate of drug-likeness (QED) is 0.167. The van der Waals surface area contributed by atoms with E-state index in [1.54, 1.807) is 0 Å². The SMILES string of the molecule is c1cc(-c2ccc3ccccc3c2)cc(N(c2ccc(-c3ccc4c(ccc5ccccc54)c3)cc2)c2cccc3sc4ccccc4c23)c1. The summed E-state index contributed by atoms with van der Waals surface area (Å²) in [5, 5.41) is 10.2. The molecule has 0 saturated carbocycles. The van der Waals surface area contributed by atoms with Crippen LogP contribution in [0.3, 0.4) is 0 Å². The molecule has 0 radical (unpaired) electrons. The molecule has 0 bridgehead atoms. The Balaban J connectivity index is 1.12. The molecule has 0 N–H and O–H groups in total. The number of rotatable bonds is 5. The maximum atomic E-state index is 2.43. The van der Waals surface area contributed by atoms with Crippen molar-refractivity contribution >= 4 is 80.9 Å². The predicted molar refractivity (Wildman–Crippen MR) is 217 cm³/mol. The van der Waals surface area contributed by atoms with Crippen molar-refractivity contribution in [3.63, 3.8) is 0 Å². The standard InChI is InChI=1S/C48H31NS/c1-2-11-35-29-38(21-19-32(35)9-1)36-12-7-13-41(31-36)49(45-16-8-18-47-48(45)44-15-5-6-17-46(44)50-47)40-26-23-33(24-27-40)37-25-28-43-39(30-37)22-20-34-10-3-4-14-42(34)43/h1-31H. The van der Waals surface area contributed by atoms with Gasteiger partial charge in [-0.2, -0.15) is 0 Å². The first-order valence-corrected chi connectivity index (χ1v) is 17.9. The van der Waals surface area contributed by atoms with E-state index in [1.165, 1.54) is 80.4 Å². The van der Waals surface area contributed by atoms with Crippen LogP contribution in [0.15, 0.2) is 188 Å². The van der Waals surface area contributed by atoms with Crippen molar-refractivity contribution in [3.8, 4) is 22.3 Å². The molecule has 50 heavy (non-hydrogen) atoms. The number of nitrogens with zero attached hydrogens (tertiary/aromatic N) is 1. The fourth-order valence-corrected chi connectivity index (χ4v) is 8.69. The van der Waals surface area contributed by atoms with Gasteiger partial charge in [-0.05, 0) is 109 Å². The highest BCUT2D eigenvalue weighted by molar-refractivity contribution is 7.26. The second-order valence-electron chi connectivity index (χ2n) is 13.0. The van der Waals surface area contributed by atoms with Crippen LogP contribution >= 0.6 is 11.3 Å². The van der Waals surface area contributed by atoms with E-state index in [0.717, 1.165) is 11.4 Å². The Hall–Kier alpha value is -6.22. The molecule has 1 heterocycles. The molecule has 2 heteroatoms. The lowest BCUT2D eigenvalue weighted by atomic mass is 9.97. The smallest absolute Gasteiger partial charge is 0.0554 e. The highest BCUT2D eigenvalue weighted by atomic mass is 32.1. The summed E-state index contributed by atoms with van der Waals surface area (Å²) in [7, 11) is 0. The number of thiophene rings is 1. The van der Waals surface area contributed by atoms with Crippen LogP contribution in [-0.4, -0.2) is 0 Å². The van der Waals surface area contributed by atoms with Gasteiger partial charge in [0.25, 0.3) is 0 Å². The summed E-state index contributed by atoms with van der Waals surface area (Å²) in [5.41, 5.74) is 8.26. The molecule has 0 spiro atoms. The molecule has 0 unspecified atom stereocenters. The summed E-state index contributed by atoms with van der Waals surface area (Å²) in [5.74, 6) is 0. The van der Waals surface area contributed by atoms with E-state index in [2.05, 4.69) is 193 Å². The van der Waals surface area contributed by atoms with Gasteiger partial charge in [-0.1, -0.05) is 133 Å². The Morgan fingerprint density at radius 2 is 0.920 bits per heavy atom. The first kappa shape index (κ1) is 28.8. The minimum atomic E-state index is 1.12. The van der Waals surface area contributed by atoms with Gasteiger partial charge in [-0.15, -0.1) is 11.3 Å². The normalized spacial score (nSPS) is 11.6. The van der Waals surface area contributed by atoms with E-state index in [-0.39, 0.29) is 0 Å². The third-order valence-electron chi connectivity index (χ3n) is 10.0. The van der Waals surface area contributed by atoms with Crippen LogP contribution in [-0.2, 0) is 0 Å². The average molecular weight is 654 g/mol. The van der Waals surface area contributed by atoms with E-state index in [4.69, 9.17) is 0 Å². The Labute approximate surface area is 294 Å². The van der Waals surface area contributed by atoms with Crippen molar-refractivity contribution in [1.82, 2.24) is 0 Å². The van der Waals surface area contributed by atoms with Gasteiger partial charge in [-0.3, -0.25) is 0 Å². The van der Waals surface area contributed by atoms with Crippen molar-refractivity contribution in [3.05, 3.63) is 188 Å². The monoisotopic (exact) mass is 653 g/mol. The topological polar surface area (TPSA) is 3.24 Å². The molecule has 0 aliphatic carbocycles. The zero-order chi connectivity index (χ0) is 33.0. The van der Waals surface area contributed by atoms with Gasteiger partial charge in [0.1, 0.15) is 0 Å². The van der Waals surface area contributed by atoms with Crippen molar-refractivity contribution < 1.29 is 0 Å². The Kier molecular flexibility index (Phi) is 6.75.